The lowest BCUT2D eigenvalue weighted by molar-refractivity contribution is 0.187. The Hall–Kier alpha value is -0.730. The molecule has 5 nitrogen and oxygen atoms in total. The van der Waals surface area contributed by atoms with Crippen LogP contribution in [0.4, 0.5) is 17.1 Å². The van der Waals surface area contributed by atoms with Gasteiger partial charge in [-0.2, -0.15) is 0 Å². The standard InChI is InChI=1S/C8H11IN4O/c1-3-5(10)2-4(8(11)14)7-6(3)12-9-13-7/h2,8,14H,10-11H2,1H3,(H,12,13). The summed E-state index contributed by atoms with van der Waals surface area (Å²) in [6.45, 7) is 1.93. The number of nitrogens with one attached hydrogen (secondary N) is 1. The molecule has 1 aliphatic rings. The number of nitrogen functional groups attached to an aromatic ring is 1. The van der Waals surface area contributed by atoms with Gasteiger partial charge < -0.3 is 20.1 Å². The Morgan fingerprint density at radius 1 is 1.64 bits per heavy atom. The van der Waals surface area contributed by atoms with E-state index in [2.05, 4.69) is 6.68 Å². The van der Waals surface area contributed by atoms with Gasteiger partial charge in [0.15, 0.2) is 0 Å². The highest BCUT2D eigenvalue weighted by Crippen LogP contribution is 2.45. The highest BCUT2D eigenvalue weighted by molar-refractivity contribution is 14.2. The molecule has 1 aliphatic heterocycles. The van der Waals surface area contributed by atoms with Gasteiger partial charge in [-0.05, 0) is 18.6 Å². The Labute approximate surface area is 92.0 Å². The SMILES string of the molecule is Cc1c(N)cc(C(N)O)c2c1NI=N2. The monoisotopic (exact) mass is 306 g/mol. The Morgan fingerprint density at radius 3 is 3.00 bits per heavy atom. The molecule has 0 bridgehead atoms. The number of nitrogens with zero attached hydrogens (tertiary/aromatic N) is 1. The van der Waals surface area contributed by atoms with Crippen molar-refractivity contribution in [2.75, 3.05) is 9.26 Å². The van der Waals surface area contributed by atoms with Gasteiger partial charge in [0.25, 0.3) is 0 Å². The van der Waals surface area contributed by atoms with Crippen LogP contribution in [-0.4, -0.2) is 5.11 Å². The van der Waals surface area contributed by atoms with Crippen molar-refractivity contribution in [1.82, 2.24) is 0 Å². The number of rotatable bonds is 1. The van der Waals surface area contributed by atoms with Crippen molar-refractivity contribution in [3.05, 3.63) is 17.2 Å². The van der Waals surface area contributed by atoms with Crippen molar-refractivity contribution >= 4 is 38.4 Å². The third-order valence-corrected chi connectivity index (χ3v) is 3.72. The zero-order valence-corrected chi connectivity index (χ0v) is 9.74. The van der Waals surface area contributed by atoms with Crippen molar-refractivity contribution in [1.29, 1.82) is 0 Å². The minimum atomic E-state index is -1.01. The van der Waals surface area contributed by atoms with E-state index in [0.717, 1.165) is 16.9 Å². The summed E-state index contributed by atoms with van der Waals surface area (Å²) >= 11 is -0.407. The van der Waals surface area contributed by atoms with E-state index in [-0.39, 0.29) is 0 Å². The number of aliphatic hydroxyl groups excluding tert-OH is 1. The molecule has 76 valence electrons. The third kappa shape index (κ3) is 1.39. The van der Waals surface area contributed by atoms with Crippen LogP contribution in [0.3, 0.4) is 0 Å². The second kappa shape index (κ2) is 3.44. The summed E-state index contributed by atoms with van der Waals surface area (Å²) in [6.07, 6.45) is -1.01. The quantitative estimate of drug-likeness (QED) is 0.274. The molecule has 14 heavy (non-hydrogen) atoms. The number of benzene rings is 1. The lowest BCUT2D eigenvalue weighted by Gasteiger charge is -2.13. The van der Waals surface area contributed by atoms with Crippen LogP contribution in [0.5, 0.6) is 0 Å². The Morgan fingerprint density at radius 2 is 2.36 bits per heavy atom. The first kappa shape index (κ1) is 9.81. The molecule has 2 rings (SSSR count). The molecule has 0 fully saturated rings. The van der Waals surface area contributed by atoms with Gasteiger partial charge in [-0.25, -0.2) is 3.15 Å². The maximum atomic E-state index is 9.35. The van der Waals surface area contributed by atoms with Gasteiger partial charge in [0.05, 0.1) is 5.69 Å². The van der Waals surface area contributed by atoms with Crippen LogP contribution in [0, 0.1) is 6.92 Å². The number of halogens is 1. The average molecular weight is 306 g/mol. The molecule has 0 aliphatic carbocycles. The first-order chi connectivity index (χ1) is 6.61. The Balaban J connectivity index is 2.68. The van der Waals surface area contributed by atoms with E-state index in [1.165, 1.54) is 0 Å². The van der Waals surface area contributed by atoms with E-state index >= 15 is 0 Å². The lowest BCUT2D eigenvalue weighted by atomic mass is 10.0. The predicted molar refractivity (Wildman–Crippen MR) is 64.5 cm³/mol. The normalized spacial score (nSPS) is 15.6. The molecule has 0 saturated carbocycles. The molecule has 1 unspecified atom stereocenters. The maximum Gasteiger partial charge on any atom is 0.130 e. The maximum absolute atomic E-state index is 9.35. The number of fused-ring (bicyclic) bond motifs is 1. The van der Waals surface area contributed by atoms with Crippen molar-refractivity contribution in [3.63, 3.8) is 0 Å². The molecular formula is C8H11IN4O. The summed E-state index contributed by atoms with van der Waals surface area (Å²) in [7, 11) is 0. The van der Waals surface area contributed by atoms with Crippen molar-refractivity contribution in [3.8, 4) is 0 Å². The molecule has 1 atom stereocenters. The summed E-state index contributed by atoms with van der Waals surface area (Å²) in [6, 6.07) is 1.69. The van der Waals surface area contributed by atoms with Crippen LogP contribution in [0.2, 0.25) is 0 Å². The molecule has 0 spiro atoms. The summed E-state index contributed by atoms with van der Waals surface area (Å²) in [5.41, 5.74) is 15.1. The van der Waals surface area contributed by atoms with Crippen LogP contribution >= 0.6 is 21.3 Å². The molecular weight excluding hydrogens is 295 g/mol. The molecule has 6 heteroatoms. The second-order valence-corrected chi connectivity index (χ2v) is 4.62. The smallest absolute Gasteiger partial charge is 0.130 e. The zero-order chi connectivity index (χ0) is 10.3. The zero-order valence-electron chi connectivity index (χ0n) is 7.58. The average Bonchev–Trinajstić information content (AvgIpc) is 2.59. The molecule has 1 aromatic rings. The van der Waals surface area contributed by atoms with E-state index in [0.29, 0.717) is 11.3 Å². The van der Waals surface area contributed by atoms with Gasteiger partial charge in [-0.15, -0.1) is 0 Å². The minimum absolute atomic E-state index is 0.407. The largest absolute Gasteiger partial charge is 0.398 e. The van der Waals surface area contributed by atoms with E-state index in [9.17, 15) is 5.11 Å². The molecule has 1 aromatic carbocycles. The van der Waals surface area contributed by atoms with E-state index < -0.39 is 27.5 Å². The van der Waals surface area contributed by atoms with E-state index in [4.69, 9.17) is 11.5 Å². The van der Waals surface area contributed by atoms with Crippen molar-refractivity contribution < 1.29 is 5.11 Å². The van der Waals surface area contributed by atoms with Crippen LogP contribution in [0.1, 0.15) is 17.4 Å². The first-order valence-electron chi connectivity index (χ1n) is 4.08. The first-order valence-corrected chi connectivity index (χ1v) is 6.12. The van der Waals surface area contributed by atoms with Gasteiger partial charge in [0.1, 0.15) is 33.2 Å². The van der Waals surface area contributed by atoms with Crippen LogP contribution in [0.15, 0.2) is 9.21 Å². The molecule has 0 amide bonds. The lowest BCUT2D eigenvalue weighted by Crippen LogP contribution is -2.10. The topological polar surface area (TPSA) is 96.7 Å². The number of nitrogens with two attached hydrogens (primary N) is 2. The Bertz CT molecular complexity index is 416. The fourth-order valence-corrected chi connectivity index (χ4v) is 3.13. The van der Waals surface area contributed by atoms with Crippen molar-refractivity contribution in [2.45, 2.75) is 13.2 Å². The van der Waals surface area contributed by atoms with Crippen LogP contribution in [-0.2, 0) is 0 Å². The fourth-order valence-electron chi connectivity index (χ4n) is 1.35. The molecule has 0 radical (unpaired) electrons. The second-order valence-electron chi connectivity index (χ2n) is 3.11. The Kier molecular flexibility index (Phi) is 2.41. The summed E-state index contributed by atoms with van der Waals surface area (Å²) < 4.78 is 7.53. The number of anilines is 2. The summed E-state index contributed by atoms with van der Waals surface area (Å²) in [4.78, 5) is 0. The van der Waals surface area contributed by atoms with Gasteiger partial charge in [-0.1, -0.05) is 0 Å². The number of hydrogen-bond donors (Lipinski definition) is 4. The summed E-state index contributed by atoms with van der Waals surface area (Å²) in [5, 5.41) is 9.35. The predicted octanol–water partition coefficient (Wildman–Crippen LogP) is 1.65. The van der Waals surface area contributed by atoms with Gasteiger partial charge in [0, 0.05) is 11.3 Å². The third-order valence-electron chi connectivity index (χ3n) is 2.21. The van der Waals surface area contributed by atoms with Crippen LogP contribution in [0.25, 0.3) is 0 Å². The fraction of sp³-hybridized carbons (Fsp3) is 0.250. The van der Waals surface area contributed by atoms with Gasteiger partial charge >= 0.3 is 0 Å². The van der Waals surface area contributed by atoms with Gasteiger partial charge in [0.2, 0.25) is 0 Å². The highest BCUT2D eigenvalue weighted by atomic mass is 127. The molecule has 0 aromatic heterocycles. The number of hydrogen-bond acceptors (Lipinski definition) is 5. The van der Waals surface area contributed by atoms with E-state index in [1.54, 1.807) is 6.07 Å². The van der Waals surface area contributed by atoms with E-state index in [1.807, 2.05) is 6.92 Å². The molecule has 6 N–H and O–H groups in total. The highest BCUT2D eigenvalue weighted by Gasteiger charge is 2.19. The minimum Gasteiger partial charge on any atom is -0.398 e. The van der Waals surface area contributed by atoms with Crippen molar-refractivity contribution in [2.24, 2.45) is 8.88 Å². The number of aliphatic hydroxyl groups is 1. The molecule has 0 saturated heterocycles. The molecule has 1 heterocycles. The van der Waals surface area contributed by atoms with Crippen LogP contribution < -0.4 is 15.0 Å². The van der Waals surface area contributed by atoms with Gasteiger partial charge in [-0.3, -0.25) is 0 Å². The summed E-state index contributed by atoms with van der Waals surface area (Å²) in [5.74, 6) is 0.